The summed E-state index contributed by atoms with van der Waals surface area (Å²) in [6, 6.07) is 0. The van der Waals surface area contributed by atoms with Crippen LogP contribution in [0.2, 0.25) is 0 Å². The molecule has 0 amide bonds. The molecule has 0 aliphatic heterocycles. The summed E-state index contributed by atoms with van der Waals surface area (Å²) < 4.78 is 1.99. The Balaban J connectivity index is 2.60. The molecule has 0 radical (unpaired) electrons. The normalized spacial score (nSPS) is 10.7. The molecule has 1 N–H and O–H groups in total. The molecule has 0 saturated carbocycles. The number of nitrogens with zero attached hydrogens (tertiary/aromatic N) is 4. The predicted octanol–water partition coefficient (Wildman–Crippen LogP) is 1.62. The van der Waals surface area contributed by atoms with Gasteiger partial charge in [-0.15, -0.1) is 0 Å². The molecule has 0 aromatic carbocycles. The van der Waals surface area contributed by atoms with Crippen LogP contribution in [0.5, 0.6) is 0 Å². The summed E-state index contributed by atoms with van der Waals surface area (Å²) in [5, 5.41) is 3.07. The molecule has 0 unspecified atom stereocenters. The maximum Gasteiger partial charge on any atom is 0.180 e. The highest BCUT2D eigenvalue weighted by Crippen LogP contribution is 2.19. The molecule has 0 aliphatic rings. The second-order valence-corrected chi connectivity index (χ2v) is 3.53. The van der Waals surface area contributed by atoms with Crippen LogP contribution in [-0.4, -0.2) is 34.5 Å². The first-order chi connectivity index (χ1) is 7.80. The number of aromatic nitrogens is 3. The molecule has 5 heteroatoms. The van der Waals surface area contributed by atoms with Gasteiger partial charge in [-0.1, -0.05) is 0 Å². The summed E-state index contributed by atoms with van der Waals surface area (Å²) in [6.45, 7) is 6.10. The number of hydrogen-bond acceptors (Lipinski definition) is 4. The first kappa shape index (κ1) is 10.7. The molecule has 86 valence electrons. The van der Waals surface area contributed by atoms with Crippen molar-refractivity contribution in [1.82, 2.24) is 14.4 Å². The molecule has 0 saturated heterocycles. The van der Waals surface area contributed by atoms with Gasteiger partial charge in [-0.2, -0.15) is 0 Å². The molecular weight excluding hydrogens is 202 g/mol. The van der Waals surface area contributed by atoms with E-state index in [4.69, 9.17) is 0 Å². The van der Waals surface area contributed by atoms with Crippen LogP contribution in [0.25, 0.3) is 5.65 Å². The van der Waals surface area contributed by atoms with Gasteiger partial charge < -0.3 is 14.6 Å². The standard InChI is InChI=1S/C11H17N5/c1-4-15(5-2)11-10-13-6-7-16(10)8-9(12-3)14-11/h6-8,12H,4-5H2,1-3H3. The third kappa shape index (κ3) is 1.68. The minimum Gasteiger partial charge on any atom is -0.372 e. The van der Waals surface area contributed by atoms with Crippen molar-refractivity contribution in [3.05, 3.63) is 18.6 Å². The van der Waals surface area contributed by atoms with Crippen LogP contribution in [0, 0.1) is 0 Å². The van der Waals surface area contributed by atoms with Gasteiger partial charge in [0.25, 0.3) is 0 Å². The van der Waals surface area contributed by atoms with Crippen LogP contribution >= 0.6 is 0 Å². The fourth-order valence-electron chi connectivity index (χ4n) is 1.77. The zero-order chi connectivity index (χ0) is 11.5. The molecule has 0 spiro atoms. The first-order valence-corrected chi connectivity index (χ1v) is 5.56. The van der Waals surface area contributed by atoms with Crippen LogP contribution in [0.15, 0.2) is 18.6 Å². The molecule has 0 aliphatic carbocycles. The quantitative estimate of drug-likeness (QED) is 0.848. The number of rotatable bonds is 4. The van der Waals surface area contributed by atoms with Crippen LogP contribution < -0.4 is 10.2 Å². The van der Waals surface area contributed by atoms with E-state index in [0.717, 1.165) is 30.4 Å². The van der Waals surface area contributed by atoms with E-state index < -0.39 is 0 Å². The molecule has 2 rings (SSSR count). The third-order valence-electron chi connectivity index (χ3n) is 2.68. The summed E-state index contributed by atoms with van der Waals surface area (Å²) in [7, 11) is 1.87. The van der Waals surface area contributed by atoms with Crippen molar-refractivity contribution in [2.24, 2.45) is 0 Å². The van der Waals surface area contributed by atoms with Crippen molar-refractivity contribution in [2.75, 3.05) is 30.4 Å². The summed E-state index contributed by atoms with van der Waals surface area (Å²) in [6.07, 6.45) is 5.67. The van der Waals surface area contributed by atoms with E-state index >= 15 is 0 Å². The second kappa shape index (κ2) is 4.38. The number of fused-ring (bicyclic) bond motifs is 1. The Morgan fingerprint density at radius 3 is 2.75 bits per heavy atom. The summed E-state index contributed by atoms with van der Waals surface area (Å²) in [5.41, 5.74) is 0.905. The second-order valence-electron chi connectivity index (χ2n) is 3.53. The third-order valence-corrected chi connectivity index (χ3v) is 2.68. The highest BCUT2D eigenvalue weighted by atomic mass is 15.2. The Morgan fingerprint density at radius 1 is 1.38 bits per heavy atom. The fourth-order valence-corrected chi connectivity index (χ4v) is 1.77. The van der Waals surface area contributed by atoms with E-state index in [9.17, 15) is 0 Å². The van der Waals surface area contributed by atoms with Gasteiger partial charge in [0, 0.05) is 32.5 Å². The van der Waals surface area contributed by atoms with Crippen molar-refractivity contribution in [2.45, 2.75) is 13.8 Å². The maximum atomic E-state index is 4.57. The summed E-state index contributed by atoms with van der Waals surface area (Å²) >= 11 is 0. The highest BCUT2D eigenvalue weighted by Gasteiger charge is 2.11. The zero-order valence-corrected chi connectivity index (χ0v) is 9.94. The van der Waals surface area contributed by atoms with Gasteiger partial charge in [0.05, 0.1) is 6.20 Å². The monoisotopic (exact) mass is 219 g/mol. The zero-order valence-electron chi connectivity index (χ0n) is 9.94. The Bertz CT molecular complexity index is 472. The molecule has 5 nitrogen and oxygen atoms in total. The van der Waals surface area contributed by atoms with Gasteiger partial charge in [0.15, 0.2) is 11.5 Å². The lowest BCUT2D eigenvalue weighted by molar-refractivity contribution is 0.843. The van der Waals surface area contributed by atoms with Crippen molar-refractivity contribution in [3.8, 4) is 0 Å². The van der Waals surface area contributed by atoms with E-state index in [2.05, 4.69) is 34.0 Å². The minimum atomic E-state index is 0.854. The van der Waals surface area contributed by atoms with Gasteiger partial charge in [0.1, 0.15) is 5.82 Å². The van der Waals surface area contributed by atoms with Crippen molar-refractivity contribution in [1.29, 1.82) is 0 Å². The van der Waals surface area contributed by atoms with Gasteiger partial charge >= 0.3 is 0 Å². The van der Waals surface area contributed by atoms with E-state index in [1.54, 1.807) is 6.20 Å². The Kier molecular flexibility index (Phi) is 2.94. The Labute approximate surface area is 95.1 Å². The van der Waals surface area contributed by atoms with E-state index in [0.29, 0.717) is 0 Å². The summed E-state index contributed by atoms with van der Waals surface area (Å²) in [4.78, 5) is 11.1. The largest absolute Gasteiger partial charge is 0.372 e. The van der Waals surface area contributed by atoms with Gasteiger partial charge in [-0.05, 0) is 13.8 Å². The number of nitrogens with one attached hydrogen (secondary N) is 1. The Hall–Kier alpha value is -1.78. The van der Waals surface area contributed by atoms with Gasteiger partial charge in [-0.3, -0.25) is 0 Å². The van der Waals surface area contributed by atoms with Gasteiger partial charge in [0.2, 0.25) is 0 Å². The minimum absolute atomic E-state index is 0.854. The lowest BCUT2D eigenvalue weighted by Crippen LogP contribution is -2.24. The van der Waals surface area contributed by atoms with Gasteiger partial charge in [-0.25, -0.2) is 9.97 Å². The fraction of sp³-hybridized carbons (Fsp3) is 0.455. The smallest absolute Gasteiger partial charge is 0.180 e. The van der Waals surface area contributed by atoms with Crippen molar-refractivity contribution >= 4 is 17.3 Å². The molecule has 16 heavy (non-hydrogen) atoms. The van der Waals surface area contributed by atoms with Crippen LogP contribution in [0.1, 0.15) is 13.8 Å². The van der Waals surface area contributed by atoms with Crippen LogP contribution in [0.3, 0.4) is 0 Å². The van der Waals surface area contributed by atoms with E-state index in [1.165, 1.54) is 0 Å². The van der Waals surface area contributed by atoms with Crippen LogP contribution in [-0.2, 0) is 0 Å². The number of anilines is 2. The number of hydrogen-bond donors (Lipinski definition) is 1. The van der Waals surface area contributed by atoms with E-state index in [1.807, 2.05) is 23.8 Å². The molecule has 2 aromatic rings. The molecule has 0 bridgehead atoms. The predicted molar refractivity (Wildman–Crippen MR) is 66.1 cm³/mol. The van der Waals surface area contributed by atoms with Crippen LogP contribution in [0.4, 0.5) is 11.6 Å². The molecule has 0 fully saturated rings. The average Bonchev–Trinajstić information content (AvgIpc) is 2.78. The average molecular weight is 219 g/mol. The van der Waals surface area contributed by atoms with Crippen molar-refractivity contribution in [3.63, 3.8) is 0 Å². The molecule has 2 aromatic heterocycles. The lowest BCUT2D eigenvalue weighted by Gasteiger charge is -2.20. The molecule has 0 atom stereocenters. The SMILES string of the molecule is CCN(CC)c1nc(NC)cn2ccnc12. The topological polar surface area (TPSA) is 45.5 Å². The lowest BCUT2D eigenvalue weighted by atomic mass is 10.4. The van der Waals surface area contributed by atoms with E-state index in [-0.39, 0.29) is 0 Å². The first-order valence-electron chi connectivity index (χ1n) is 5.56. The summed E-state index contributed by atoms with van der Waals surface area (Å²) in [5.74, 6) is 1.79. The number of imidazole rings is 1. The van der Waals surface area contributed by atoms with Crippen molar-refractivity contribution < 1.29 is 0 Å². The highest BCUT2D eigenvalue weighted by molar-refractivity contribution is 5.66. The molecular formula is C11H17N5. The molecule has 2 heterocycles. The maximum absolute atomic E-state index is 4.57. The Morgan fingerprint density at radius 2 is 2.12 bits per heavy atom.